The van der Waals surface area contributed by atoms with Crippen molar-refractivity contribution in [1.29, 1.82) is 0 Å². The maximum atomic E-state index is 5.52. The molecule has 0 N–H and O–H groups in total. The van der Waals surface area contributed by atoms with E-state index in [2.05, 4.69) is 40.7 Å². The van der Waals surface area contributed by atoms with E-state index in [1.165, 1.54) is 0 Å². The van der Waals surface area contributed by atoms with Crippen molar-refractivity contribution in [2.24, 2.45) is 0 Å². The van der Waals surface area contributed by atoms with E-state index in [-0.39, 0.29) is 5.92 Å². The first-order valence-corrected chi connectivity index (χ1v) is 7.21. The maximum absolute atomic E-state index is 5.52. The van der Waals surface area contributed by atoms with Crippen molar-refractivity contribution in [1.82, 2.24) is 14.7 Å². The van der Waals surface area contributed by atoms with Crippen LogP contribution in [-0.4, -0.2) is 21.3 Å². The van der Waals surface area contributed by atoms with Gasteiger partial charge < -0.3 is 13.8 Å². The number of nitrogens with zero attached hydrogens (tertiary/aromatic N) is 3. The van der Waals surface area contributed by atoms with Gasteiger partial charge in [0, 0.05) is 23.0 Å². The zero-order valence-electron chi connectivity index (χ0n) is 12.5. The molecule has 3 rings (SSSR count). The van der Waals surface area contributed by atoms with Gasteiger partial charge in [0.05, 0.1) is 6.61 Å². The molecule has 3 aromatic rings. The van der Waals surface area contributed by atoms with Gasteiger partial charge in [-0.2, -0.15) is 4.98 Å². The second-order valence-corrected chi connectivity index (χ2v) is 5.30. The van der Waals surface area contributed by atoms with E-state index in [9.17, 15) is 0 Å². The van der Waals surface area contributed by atoms with E-state index >= 15 is 0 Å². The Hall–Kier alpha value is -2.30. The van der Waals surface area contributed by atoms with Crippen molar-refractivity contribution in [3.05, 3.63) is 42.2 Å². The van der Waals surface area contributed by atoms with Gasteiger partial charge in [-0.1, -0.05) is 19.0 Å². The molecule has 0 aliphatic carbocycles. The number of benzene rings is 1. The minimum Gasteiger partial charge on any atom is -0.494 e. The Morgan fingerprint density at radius 1 is 1.29 bits per heavy atom. The smallest absolute Gasteiger partial charge is 0.246 e. The fourth-order valence-electron chi connectivity index (χ4n) is 2.29. The van der Waals surface area contributed by atoms with Crippen LogP contribution in [0.4, 0.5) is 0 Å². The SMILES string of the molecule is CCOc1ccc2c(ccn2Cc2nc(C(C)C)no2)c1. The van der Waals surface area contributed by atoms with Gasteiger partial charge in [-0.25, -0.2) is 0 Å². The van der Waals surface area contributed by atoms with Crippen LogP contribution in [0.25, 0.3) is 10.9 Å². The predicted octanol–water partition coefficient (Wildman–Crippen LogP) is 3.59. The van der Waals surface area contributed by atoms with Gasteiger partial charge in [-0.05, 0) is 31.2 Å². The normalized spacial score (nSPS) is 11.4. The quantitative estimate of drug-likeness (QED) is 0.718. The Labute approximate surface area is 123 Å². The maximum Gasteiger partial charge on any atom is 0.246 e. The standard InChI is InChI=1S/C16H19N3O2/c1-4-20-13-5-6-14-12(9-13)7-8-19(14)10-15-17-16(11(2)3)18-21-15/h5-9,11H,4,10H2,1-3H3. The zero-order valence-corrected chi connectivity index (χ0v) is 12.5. The van der Waals surface area contributed by atoms with Crippen LogP contribution in [0, 0.1) is 0 Å². The highest BCUT2D eigenvalue weighted by molar-refractivity contribution is 5.81. The summed E-state index contributed by atoms with van der Waals surface area (Å²) in [6.07, 6.45) is 2.03. The molecule has 2 aromatic heterocycles. The zero-order chi connectivity index (χ0) is 14.8. The number of ether oxygens (including phenoxy) is 1. The number of hydrogen-bond acceptors (Lipinski definition) is 4. The summed E-state index contributed by atoms with van der Waals surface area (Å²) in [6, 6.07) is 8.15. The van der Waals surface area contributed by atoms with Crippen LogP contribution in [0.3, 0.4) is 0 Å². The second kappa shape index (κ2) is 5.60. The first-order valence-electron chi connectivity index (χ1n) is 7.21. The average Bonchev–Trinajstić information content (AvgIpc) is 3.07. The minimum atomic E-state index is 0.276. The number of hydrogen-bond donors (Lipinski definition) is 0. The molecule has 0 aliphatic rings. The Kier molecular flexibility index (Phi) is 3.64. The third kappa shape index (κ3) is 2.77. The van der Waals surface area contributed by atoms with Crippen LogP contribution in [0.2, 0.25) is 0 Å². The van der Waals surface area contributed by atoms with Gasteiger partial charge >= 0.3 is 0 Å². The fourth-order valence-corrected chi connectivity index (χ4v) is 2.29. The van der Waals surface area contributed by atoms with E-state index in [4.69, 9.17) is 9.26 Å². The lowest BCUT2D eigenvalue weighted by Gasteiger charge is -2.04. The first-order chi connectivity index (χ1) is 10.2. The lowest BCUT2D eigenvalue weighted by Crippen LogP contribution is -1.99. The predicted molar refractivity (Wildman–Crippen MR) is 80.6 cm³/mol. The third-order valence-corrected chi connectivity index (χ3v) is 3.36. The molecule has 1 aromatic carbocycles. The van der Waals surface area contributed by atoms with E-state index < -0.39 is 0 Å². The van der Waals surface area contributed by atoms with Gasteiger partial charge in [0.15, 0.2) is 5.82 Å². The van der Waals surface area contributed by atoms with Crippen LogP contribution in [-0.2, 0) is 6.54 Å². The van der Waals surface area contributed by atoms with E-state index in [1.807, 2.05) is 25.3 Å². The molecule has 0 saturated heterocycles. The molecule has 0 spiro atoms. The van der Waals surface area contributed by atoms with Gasteiger partial charge in [0.1, 0.15) is 12.3 Å². The molecule has 110 valence electrons. The molecule has 0 saturated carbocycles. The highest BCUT2D eigenvalue weighted by atomic mass is 16.5. The molecule has 0 fully saturated rings. The van der Waals surface area contributed by atoms with Crippen LogP contribution >= 0.6 is 0 Å². The van der Waals surface area contributed by atoms with Crippen molar-refractivity contribution in [3.8, 4) is 5.75 Å². The summed E-state index contributed by atoms with van der Waals surface area (Å²) in [4.78, 5) is 4.42. The van der Waals surface area contributed by atoms with Gasteiger partial charge in [-0.15, -0.1) is 0 Å². The van der Waals surface area contributed by atoms with Crippen molar-refractivity contribution in [3.63, 3.8) is 0 Å². The van der Waals surface area contributed by atoms with Crippen LogP contribution in [0.5, 0.6) is 5.75 Å². The molecular formula is C16H19N3O2. The second-order valence-electron chi connectivity index (χ2n) is 5.30. The Morgan fingerprint density at radius 3 is 2.86 bits per heavy atom. The molecule has 5 nitrogen and oxygen atoms in total. The lowest BCUT2D eigenvalue weighted by molar-refractivity contribution is 0.340. The summed E-state index contributed by atoms with van der Waals surface area (Å²) in [5, 5.41) is 5.14. The highest BCUT2D eigenvalue weighted by Gasteiger charge is 2.11. The first kappa shape index (κ1) is 13.7. The largest absolute Gasteiger partial charge is 0.494 e. The number of rotatable bonds is 5. The molecule has 0 atom stereocenters. The van der Waals surface area contributed by atoms with Crippen molar-refractivity contribution < 1.29 is 9.26 Å². The molecule has 0 aliphatic heterocycles. The number of fused-ring (bicyclic) bond motifs is 1. The van der Waals surface area contributed by atoms with E-state index in [0.717, 1.165) is 22.5 Å². The van der Waals surface area contributed by atoms with Crippen molar-refractivity contribution >= 4 is 10.9 Å². The summed E-state index contributed by atoms with van der Waals surface area (Å²) in [6.45, 7) is 7.34. The molecule has 0 radical (unpaired) electrons. The summed E-state index contributed by atoms with van der Waals surface area (Å²) < 4.78 is 12.9. The van der Waals surface area contributed by atoms with Gasteiger partial charge in [0.25, 0.3) is 0 Å². The van der Waals surface area contributed by atoms with Gasteiger partial charge in [-0.3, -0.25) is 0 Å². The molecule has 21 heavy (non-hydrogen) atoms. The fraction of sp³-hybridized carbons (Fsp3) is 0.375. The summed E-state index contributed by atoms with van der Waals surface area (Å²) in [5.74, 6) is 2.55. The van der Waals surface area contributed by atoms with Crippen LogP contribution in [0.15, 0.2) is 35.0 Å². The molecule has 5 heteroatoms. The Balaban J connectivity index is 1.86. The molecule has 0 bridgehead atoms. The monoisotopic (exact) mass is 285 g/mol. The summed E-state index contributed by atoms with van der Waals surface area (Å²) in [5.41, 5.74) is 1.13. The van der Waals surface area contributed by atoms with E-state index in [0.29, 0.717) is 19.0 Å². The van der Waals surface area contributed by atoms with Crippen molar-refractivity contribution in [2.75, 3.05) is 6.61 Å². The third-order valence-electron chi connectivity index (χ3n) is 3.36. The minimum absolute atomic E-state index is 0.276. The lowest BCUT2D eigenvalue weighted by atomic mass is 10.2. The van der Waals surface area contributed by atoms with Crippen LogP contribution < -0.4 is 4.74 Å². The Morgan fingerprint density at radius 2 is 2.14 bits per heavy atom. The summed E-state index contributed by atoms with van der Waals surface area (Å²) >= 11 is 0. The van der Waals surface area contributed by atoms with Crippen LogP contribution in [0.1, 0.15) is 38.4 Å². The van der Waals surface area contributed by atoms with E-state index in [1.54, 1.807) is 0 Å². The number of aromatic nitrogens is 3. The molecule has 2 heterocycles. The molecular weight excluding hydrogens is 266 g/mol. The van der Waals surface area contributed by atoms with Gasteiger partial charge in [0.2, 0.25) is 5.89 Å². The molecule has 0 unspecified atom stereocenters. The highest BCUT2D eigenvalue weighted by Crippen LogP contribution is 2.23. The molecule has 0 amide bonds. The van der Waals surface area contributed by atoms with Crippen molar-refractivity contribution in [2.45, 2.75) is 33.2 Å². The average molecular weight is 285 g/mol. The summed E-state index contributed by atoms with van der Waals surface area (Å²) in [7, 11) is 0. The topological polar surface area (TPSA) is 53.1 Å². The Bertz CT molecular complexity index is 743.